The minimum Gasteiger partial charge on any atom is -0.481 e. The summed E-state index contributed by atoms with van der Waals surface area (Å²) in [4.78, 5) is 54.6. The zero-order valence-electron chi connectivity index (χ0n) is 36.5. The number of hydrogen-bond donors (Lipinski definition) is 3. The van der Waals surface area contributed by atoms with Crippen LogP contribution >= 0.6 is 11.6 Å². The molecule has 4 aromatic rings. The van der Waals surface area contributed by atoms with Gasteiger partial charge in [0.15, 0.2) is 11.6 Å². The Balaban J connectivity index is 0.803. The number of ether oxygens (including phenoxy) is 1. The number of amides is 2. The van der Waals surface area contributed by atoms with E-state index in [0.717, 1.165) is 124 Å². The van der Waals surface area contributed by atoms with Crippen LogP contribution < -0.4 is 10.6 Å². The summed E-state index contributed by atoms with van der Waals surface area (Å²) in [5.41, 5.74) is 7.85. The lowest BCUT2D eigenvalue weighted by Crippen LogP contribution is -2.39. The van der Waals surface area contributed by atoms with E-state index in [1.807, 2.05) is 67.6 Å². The highest BCUT2D eigenvalue weighted by atomic mass is 35.5. The quantitative estimate of drug-likeness (QED) is 0.131. The molecule has 2 aromatic heterocycles. The number of hydrogen-bond acceptors (Lipinski definition) is 8. The van der Waals surface area contributed by atoms with Crippen LogP contribution in [0, 0.1) is 28.6 Å². The Hall–Kier alpha value is -4.56. The lowest BCUT2D eigenvalue weighted by atomic mass is 9.81. The second kappa shape index (κ2) is 15.3. The number of nitrogens with zero attached hydrogens (tertiary/aromatic N) is 6. The molecule has 0 unspecified atom stereocenters. The molecule has 0 atom stereocenters. The Morgan fingerprint density at radius 1 is 0.726 bits per heavy atom. The number of fused-ring (bicyclic) bond motifs is 6. The number of rotatable bonds is 12. The van der Waals surface area contributed by atoms with E-state index in [4.69, 9.17) is 26.3 Å². The zero-order chi connectivity index (χ0) is 43.2. The number of anilines is 2. The molecule has 3 N–H and O–H groups in total. The number of carbonyl (C=O) groups is 3. The van der Waals surface area contributed by atoms with Gasteiger partial charge >= 0.3 is 5.97 Å². The van der Waals surface area contributed by atoms with E-state index in [-0.39, 0.29) is 17.2 Å². The van der Waals surface area contributed by atoms with E-state index in [9.17, 15) is 19.5 Å². The SMILES string of the molecule is COCC12CCC(CN3CCc4c(nc(C(=O)Nc5cccc(-c6cccc(NC(=O)c7nc8c(n7C)CCN(CC79CCC(C(=O)O)(CC7)C9)C8)c6Cl)c5C)n4C)C3)(CC1)C2. The largest absolute Gasteiger partial charge is 0.481 e. The Bertz CT molecular complexity index is 2470. The van der Waals surface area contributed by atoms with E-state index in [1.54, 1.807) is 6.07 Å². The van der Waals surface area contributed by atoms with E-state index in [2.05, 4.69) is 20.4 Å². The molecule has 4 saturated carbocycles. The summed E-state index contributed by atoms with van der Waals surface area (Å²) in [6.45, 7) is 8.00. The molecule has 2 amide bonds. The molecular weight excluding hydrogens is 804 g/mol. The summed E-state index contributed by atoms with van der Waals surface area (Å²) in [5, 5.41) is 16.5. The highest BCUT2D eigenvalue weighted by Crippen LogP contribution is 2.63. The Kier molecular flexibility index (Phi) is 10.2. The predicted molar refractivity (Wildman–Crippen MR) is 237 cm³/mol. The zero-order valence-corrected chi connectivity index (χ0v) is 37.3. The standard InChI is InChI=1S/C48H59ClN8O5/c1-30-31(7-5-9-33(30)52-42(58)40-50-35-23-56(21-11-37(35)54(40)2)27-45-13-15-47(25-45,16-14-45)29-62-4)32-8-6-10-34(39(32)49)53-43(59)41-51-36-24-57(22-12-38(36)55(41)3)28-46-17-19-48(26-46,20-18-46)44(60)61/h5-10H,11-29H2,1-4H3,(H,52,58)(H,53,59)(H,60,61). The third kappa shape index (κ3) is 6.98. The fourth-order valence-electron chi connectivity index (χ4n) is 13.1. The van der Waals surface area contributed by atoms with Crippen LogP contribution in [0.4, 0.5) is 11.4 Å². The lowest BCUT2D eigenvalue weighted by molar-refractivity contribution is -0.148. The molecule has 2 aliphatic heterocycles. The first kappa shape index (κ1) is 41.5. The van der Waals surface area contributed by atoms with Gasteiger partial charge in [-0.25, -0.2) is 9.97 Å². The third-order valence-corrected chi connectivity index (χ3v) is 16.7. The van der Waals surface area contributed by atoms with E-state index >= 15 is 0 Å². The fraction of sp³-hybridized carbons (Fsp3) is 0.562. The van der Waals surface area contributed by atoms with Gasteiger partial charge in [-0.15, -0.1) is 0 Å². The smallest absolute Gasteiger partial charge is 0.309 e. The molecule has 4 aliphatic carbocycles. The van der Waals surface area contributed by atoms with E-state index < -0.39 is 11.4 Å². The van der Waals surface area contributed by atoms with E-state index in [0.29, 0.717) is 45.4 Å². The molecule has 4 bridgehead atoms. The normalized spacial score (nSPS) is 27.7. The summed E-state index contributed by atoms with van der Waals surface area (Å²) >= 11 is 7.09. The number of nitrogens with one attached hydrogen (secondary N) is 2. The van der Waals surface area contributed by atoms with Crippen LogP contribution in [0.15, 0.2) is 36.4 Å². The summed E-state index contributed by atoms with van der Waals surface area (Å²) in [5.74, 6) is -0.513. The van der Waals surface area contributed by atoms with Crippen LogP contribution in [-0.2, 0) is 49.6 Å². The molecule has 0 spiro atoms. The van der Waals surface area contributed by atoms with Crippen molar-refractivity contribution >= 4 is 40.8 Å². The lowest BCUT2D eigenvalue weighted by Gasteiger charge is -2.35. The molecular formula is C48H59ClN8O5. The number of carbonyl (C=O) groups excluding carboxylic acids is 2. The maximum absolute atomic E-state index is 13.9. The fourth-order valence-corrected chi connectivity index (χ4v) is 13.3. The second-order valence-electron chi connectivity index (χ2n) is 20.1. The highest BCUT2D eigenvalue weighted by molar-refractivity contribution is 6.36. The first-order valence-electron chi connectivity index (χ1n) is 22.5. The van der Waals surface area contributed by atoms with Gasteiger partial charge in [-0.3, -0.25) is 24.2 Å². The summed E-state index contributed by atoms with van der Waals surface area (Å²) in [6, 6.07) is 11.3. The molecule has 4 heterocycles. The number of carboxylic acid groups (broad SMARTS) is 1. The Morgan fingerprint density at radius 2 is 1.23 bits per heavy atom. The first-order chi connectivity index (χ1) is 29.7. The van der Waals surface area contributed by atoms with Gasteiger partial charge < -0.3 is 29.6 Å². The van der Waals surface area contributed by atoms with Crippen LogP contribution in [0.2, 0.25) is 5.02 Å². The highest BCUT2D eigenvalue weighted by Gasteiger charge is 2.58. The molecule has 328 valence electrons. The molecule has 2 aromatic carbocycles. The number of benzene rings is 2. The van der Waals surface area contributed by atoms with Crippen molar-refractivity contribution in [1.29, 1.82) is 0 Å². The Morgan fingerprint density at radius 3 is 1.77 bits per heavy atom. The molecule has 14 heteroatoms. The van der Waals surface area contributed by atoms with Crippen molar-refractivity contribution < 1.29 is 24.2 Å². The topological polar surface area (TPSA) is 147 Å². The Labute approximate surface area is 368 Å². The van der Waals surface area contributed by atoms with Crippen LogP contribution in [-0.4, -0.2) is 91.7 Å². The third-order valence-electron chi connectivity index (χ3n) is 16.3. The van der Waals surface area contributed by atoms with Gasteiger partial charge in [-0.1, -0.05) is 35.9 Å². The summed E-state index contributed by atoms with van der Waals surface area (Å²) in [7, 11) is 5.66. The second-order valence-corrected chi connectivity index (χ2v) is 20.5. The first-order valence-corrected chi connectivity index (χ1v) is 22.9. The molecule has 62 heavy (non-hydrogen) atoms. The molecule has 4 fully saturated rings. The van der Waals surface area contributed by atoms with Crippen molar-refractivity contribution in [3.63, 3.8) is 0 Å². The van der Waals surface area contributed by atoms with Crippen molar-refractivity contribution in [2.75, 3.05) is 50.5 Å². The van der Waals surface area contributed by atoms with Gasteiger partial charge in [0.25, 0.3) is 11.8 Å². The monoisotopic (exact) mass is 862 g/mol. The molecule has 13 nitrogen and oxygen atoms in total. The van der Waals surface area contributed by atoms with Gasteiger partial charge in [0, 0.05) is 96.0 Å². The molecule has 0 radical (unpaired) electrons. The molecule has 0 saturated heterocycles. The number of methoxy groups -OCH3 is 1. The summed E-state index contributed by atoms with van der Waals surface area (Å²) in [6.07, 6.45) is 12.2. The number of halogens is 1. The minimum absolute atomic E-state index is 0.0565. The van der Waals surface area contributed by atoms with Crippen LogP contribution in [0.25, 0.3) is 11.1 Å². The van der Waals surface area contributed by atoms with Crippen molar-refractivity contribution in [2.24, 2.45) is 35.8 Å². The number of imidazole rings is 2. The van der Waals surface area contributed by atoms with Gasteiger partial charge in [-0.2, -0.15) is 0 Å². The minimum atomic E-state index is -0.639. The average Bonchev–Trinajstić information content (AvgIpc) is 4.10. The predicted octanol–water partition coefficient (Wildman–Crippen LogP) is 7.64. The van der Waals surface area contributed by atoms with Crippen LogP contribution in [0.5, 0.6) is 0 Å². The van der Waals surface area contributed by atoms with Crippen LogP contribution in [0.3, 0.4) is 0 Å². The average molecular weight is 864 g/mol. The maximum atomic E-state index is 13.9. The van der Waals surface area contributed by atoms with Gasteiger partial charge in [0.05, 0.1) is 34.1 Å². The van der Waals surface area contributed by atoms with Crippen molar-refractivity contribution in [3.8, 4) is 11.1 Å². The summed E-state index contributed by atoms with van der Waals surface area (Å²) < 4.78 is 9.48. The number of carboxylic acids is 1. The molecule has 10 rings (SSSR count). The van der Waals surface area contributed by atoms with Gasteiger partial charge in [0.2, 0.25) is 0 Å². The van der Waals surface area contributed by atoms with Crippen molar-refractivity contribution in [3.05, 3.63) is 81.4 Å². The number of aromatic nitrogens is 4. The van der Waals surface area contributed by atoms with Crippen molar-refractivity contribution in [2.45, 2.75) is 97.1 Å². The van der Waals surface area contributed by atoms with Crippen LogP contribution in [0.1, 0.15) is 114 Å². The number of aliphatic carboxylic acids is 1. The van der Waals surface area contributed by atoms with Gasteiger partial charge in [-0.05, 0) is 111 Å². The van der Waals surface area contributed by atoms with Crippen molar-refractivity contribution in [1.82, 2.24) is 28.9 Å². The maximum Gasteiger partial charge on any atom is 0.309 e. The molecule has 6 aliphatic rings. The van der Waals surface area contributed by atoms with E-state index in [1.165, 1.54) is 32.1 Å². The van der Waals surface area contributed by atoms with Gasteiger partial charge in [0.1, 0.15) is 0 Å².